The van der Waals surface area contributed by atoms with Gasteiger partial charge in [0.15, 0.2) is 0 Å². The van der Waals surface area contributed by atoms with Crippen molar-refractivity contribution in [1.29, 1.82) is 0 Å². The number of nitrogens with one attached hydrogen (secondary N) is 3. The topological polar surface area (TPSA) is 160 Å². The molecule has 1 aromatic heterocycles. The highest BCUT2D eigenvalue weighted by molar-refractivity contribution is 5.95. The number of anilines is 1. The van der Waals surface area contributed by atoms with Crippen molar-refractivity contribution in [3.8, 4) is 0 Å². The number of rotatable bonds is 8. The molecule has 0 saturated heterocycles. The van der Waals surface area contributed by atoms with Crippen LogP contribution in [0.15, 0.2) is 4.99 Å². The number of unbranched alkanes of at least 4 members (excludes halogenated alkanes) is 1. The number of carbonyl (C=O) groups is 2. The molecule has 1 rings (SSSR count). The summed E-state index contributed by atoms with van der Waals surface area (Å²) in [5.41, 5.74) is 4.81. The number of aromatic nitrogens is 4. The Morgan fingerprint density at radius 1 is 1.36 bits per heavy atom. The minimum Gasteiger partial charge on any atom is -0.444 e. The van der Waals surface area contributed by atoms with Crippen molar-refractivity contribution in [3.63, 3.8) is 0 Å². The molecule has 25 heavy (non-hydrogen) atoms. The predicted octanol–water partition coefficient (Wildman–Crippen LogP) is 0.579. The van der Waals surface area contributed by atoms with E-state index in [-0.39, 0.29) is 5.95 Å². The molecule has 0 aliphatic rings. The largest absolute Gasteiger partial charge is 0.444 e. The Balaban J connectivity index is 2.60. The zero-order valence-corrected chi connectivity index (χ0v) is 15.0. The second kappa shape index (κ2) is 9.55. The van der Waals surface area contributed by atoms with Crippen LogP contribution >= 0.6 is 0 Å². The summed E-state index contributed by atoms with van der Waals surface area (Å²) in [7, 11) is 0. The van der Waals surface area contributed by atoms with Gasteiger partial charge in [-0.05, 0) is 52.2 Å². The molecule has 2 amide bonds. The van der Waals surface area contributed by atoms with E-state index in [1.54, 1.807) is 27.7 Å². The number of tetrazole rings is 1. The van der Waals surface area contributed by atoms with Crippen molar-refractivity contribution in [2.24, 2.45) is 10.7 Å². The van der Waals surface area contributed by atoms with E-state index < -0.39 is 23.6 Å². The minimum atomic E-state index is -0.795. The van der Waals surface area contributed by atoms with Crippen LogP contribution in [0.3, 0.4) is 0 Å². The molecule has 0 unspecified atom stereocenters. The summed E-state index contributed by atoms with van der Waals surface area (Å²) in [5, 5.41) is 17.9. The smallest absolute Gasteiger partial charge is 0.408 e. The van der Waals surface area contributed by atoms with Crippen molar-refractivity contribution >= 4 is 23.8 Å². The van der Waals surface area contributed by atoms with Gasteiger partial charge in [0.1, 0.15) is 11.6 Å². The van der Waals surface area contributed by atoms with Crippen LogP contribution in [0.5, 0.6) is 0 Å². The lowest BCUT2D eigenvalue weighted by molar-refractivity contribution is -0.118. The molecule has 0 saturated carbocycles. The highest BCUT2D eigenvalue weighted by Crippen LogP contribution is 2.09. The molecular weight excluding hydrogens is 328 g/mol. The number of hydrogen-bond donors (Lipinski definition) is 4. The van der Waals surface area contributed by atoms with E-state index in [9.17, 15) is 9.59 Å². The predicted molar refractivity (Wildman–Crippen MR) is 92.0 cm³/mol. The van der Waals surface area contributed by atoms with E-state index in [0.29, 0.717) is 25.2 Å². The first-order chi connectivity index (χ1) is 11.7. The van der Waals surface area contributed by atoms with E-state index in [1.807, 2.05) is 0 Å². The summed E-state index contributed by atoms with van der Waals surface area (Å²) in [6, 6.07) is -0.795. The SMILES string of the molecule is CC(N)=NCCCC[C@H](NC(=O)OC(C)(C)C)C(=O)Nc1nn[nH]n1. The summed E-state index contributed by atoms with van der Waals surface area (Å²) in [4.78, 5) is 28.4. The third-order valence-electron chi connectivity index (χ3n) is 2.85. The second-order valence-corrected chi connectivity index (χ2v) is 6.44. The zero-order valence-electron chi connectivity index (χ0n) is 15.0. The van der Waals surface area contributed by atoms with Crippen LogP contribution in [0.4, 0.5) is 10.7 Å². The minimum absolute atomic E-state index is 0.0318. The molecule has 0 aromatic carbocycles. The monoisotopic (exact) mass is 354 g/mol. The molecule has 0 bridgehead atoms. The number of nitrogens with two attached hydrogens (primary N) is 1. The molecule has 5 N–H and O–H groups in total. The van der Waals surface area contributed by atoms with Crippen molar-refractivity contribution in [2.45, 2.75) is 58.6 Å². The molecule has 1 atom stereocenters. The molecule has 0 spiro atoms. The summed E-state index contributed by atoms with van der Waals surface area (Å²) in [6.45, 7) is 7.51. The van der Waals surface area contributed by atoms with Crippen LogP contribution in [0.2, 0.25) is 0 Å². The molecule has 1 heterocycles. The van der Waals surface area contributed by atoms with Gasteiger partial charge in [-0.3, -0.25) is 15.1 Å². The van der Waals surface area contributed by atoms with Gasteiger partial charge in [-0.1, -0.05) is 5.10 Å². The Bertz CT molecular complexity index is 575. The van der Waals surface area contributed by atoms with Crippen LogP contribution in [0.1, 0.15) is 47.0 Å². The van der Waals surface area contributed by atoms with Gasteiger partial charge < -0.3 is 15.8 Å². The van der Waals surface area contributed by atoms with Crippen molar-refractivity contribution in [3.05, 3.63) is 0 Å². The van der Waals surface area contributed by atoms with Crippen LogP contribution in [-0.4, -0.2) is 56.6 Å². The Hall–Kier alpha value is -2.72. The normalized spacial score (nSPS) is 13.2. The molecular formula is C14H26N8O3. The number of aliphatic imine (C=N–C) groups is 1. The van der Waals surface area contributed by atoms with Gasteiger partial charge in [0.05, 0.1) is 5.84 Å². The average Bonchev–Trinajstić information content (AvgIpc) is 2.96. The van der Waals surface area contributed by atoms with E-state index in [0.717, 1.165) is 6.42 Å². The summed E-state index contributed by atoms with van der Waals surface area (Å²) >= 11 is 0. The maximum atomic E-state index is 12.3. The van der Waals surface area contributed by atoms with Crippen LogP contribution in [0, 0.1) is 0 Å². The average molecular weight is 354 g/mol. The second-order valence-electron chi connectivity index (χ2n) is 6.44. The molecule has 0 aliphatic carbocycles. The molecule has 0 radical (unpaired) electrons. The number of alkyl carbamates (subject to hydrolysis) is 1. The number of amides is 2. The summed E-state index contributed by atoms with van der Waals surface area (Å²) in [6.07, 6.45) is 1.13. The molecule has 1 aromatic rings. The number of nitrogens with zero attached hydrogens (tertiary/aromatic N) is 4. The van der Waals surface area contributed by atoms with E-state index in [2.05, 4.69) is 36.3 Å². The maximum absolute atomic E-state index is 12.3. The van der Waals surface area contributed by atoms with E-state index >= 15 is 0 Å². The van der Waals surface area contributed by atoms with Gasteiger partial charge in [0.25, 0.3) is 5.95 Å². The third-order valence-corrected chi connectivity index (χ3v) is 2.85. The van der Waals surface area contributed by atoms with Crippen molar-refractivity contribution < 1.29 is 14.3 Å². The highest BCUT2D eigenvalue weighted by Gasteiger charge is 2.24. The Morgan fingerprint density at radius 2 is 2.08 bits per heavy atom. The number of hydrogen-bond acceptors (Lipinski definition) is 7. The first-order valence-electron chi connectivity index (χ1n) is 7.98. The van der Waals surface area contributed by atoms with Crippen molar-refractivity contribution in [2.75, 3.05) is 11.9 Å². The fourth-order valence-corrected chi connectivity index (χ4v) is 1.85. The maximum Gasteiger partial charge on any atom is 0.408 e. The van der Waals surface area contributed by atoms with Gasteiger partial charge in [0, 0.05) is 6.54 Å². The molecule has 0 aliphatic heterocycles. The zero-order chi connectivity index (χ0) is 18.9. The standard InChI is InChI=1S/C14H26N8O3/c1-9(15)16-8-6-5-7-10(17-13(24)25-14(2,3)4)11(23)18-12-19-21-22-20-12/h10H,5-8H2,1-4H3,(H2,15,16)(H,17,24)(H2,18,19,20,21,22,23)/t10-/m0/s1. The van der Waals surface area contributed by atoms with Crippen LogP contribution in [0.25, 0.3) is 0 Å². The summed E-state index contributed by atoms with van der Waals surface area (Å²) < 4.78 is 5.19. The Kier molecular flexibility index (Phi) is 7.76. The van der Waals surface area contributed by atoms with Gasteiger partial charge in [-0.15, -0.1) is 5.10 Å². The number of carbonyl (C=O) groups excluding carboxylic acids is 2. The Morgan fingerprint density at radius 3 is 2.64 bits per heavy atom. The van der Waals surface area contributed by atoms with Crippen LogP contribution < -0.4 is 16.4 Å². The summed E-state index contributed by atoms with van der Waals surface area (Å²) in [5.74, 6) is 0.0911. The van der Waals surface area contributed by atoms with E-state index in [4.69, 9.17) is 10.5 Å². The lowest BCUT2D eigenvalue weighted by Crippen LogP contribution is -2.46. The number of amidine groups is 1. The molecule has 11 heteroatoms. The lowest BCUT2D eigenvalue weighted by atomic mass is 10.1. The van der Waals surface area contributed by atoms with E-state index in [1.165, 1.54) is 0 Å². The number of aromatic amines is 1. The number of ether oxygens (including phenoxy) is 1. The first-order valence-corrected chi connectivity index (χ1v) is 7.98. The van der Waals surface area contributed by atoms with Gasteiger partial charge in [-0.2, -0.15) is 5.21 Å². The number of H-pyrrole nitrogens is 1. The van der Waals surface area contributed by atoms with Crippen LogP contribution in [-0.2, 0) is 9.53 Å². The van der Waals surface area contributed by atoms with Crippen molar-refractivity contribution in [1.82, 2.24) is 25.9 Å². The molecule has 0 fully saturated rings. The van der Waals surface area contributed by atoms with Gasteiger partial charge >= 0.3 is 6.09 Å². The lowest BCUT2D eigenvalue weighted by Gasteiger charge is -2.23. The highest BCUT2D eigenvalue weighted by atomic mass is 16.6. The third kappa shape index (κ3) is 9.23. The Labute approximate surface area is 146 Å². The fourth-order valence-electron chi connectivity index (χ4n) is 1.85. The first kappa shape index (κ1) is 20.3. The quantitative estimate of drug-likeness (QED) is 0.301. The fraction of sp³-hybridized carbons (Fsp3) is 0.714. The van der Waals surface area contributed by atoms with Gasteiger partial charge in [-0.25, -0.2) is 4.79 Å². The van der Waals surface area contributed by atoms with Gasteiger partial charge in [0.2, 0.25) is 5.91 Å². The molecule has 11 nitrogen and oxygen atoms in total. The molecule has 140 valence electrons.